The second-order valence-corrected chi connectivity index (χ2v) is 5.62. The lowest BCUT2D eigenvalue weighted by Gasteiger charge is -2.09. The zero-order valence-electron chi connectivity index (χ0n) is 14.1. The number of nitrogens with zero attached hydrogens (tertiary/aromatic N) is 3. The van der Waals surface area contributed by atoms with E-state index < -0.39 is 0 Å². The van der Waals surface area contributed by atoms with E-state index in [0.717, 1.165) is 16.9 Å². The van der Waals surface area contributed by atoms with Crippen LogP contribution in [0.25, 0.3) is 0 Å². The highest BCUT2D eigenvalue weighted by molar-refractivity contribution is 5.91. The number of benzene rings is 1. The number of ether oxygens (including phenoxy) is 1. The van der Waals surface area contributed by atoms with Gasteiger partial charge in [0.15, 0.2) is 0 Å². The van der Waals surface area contributed by atoms with Crippen molar-refractivity contribution < 1.29 is 9.53 Å². The molecule has 0 saturated heterocycles. The molecule has 0 fully saturated rings. The average Bonchev–Trinajstić information content (AvgIpc) is 2.64. The summed E-state index contributed by atoms with van der Waals surface area (Å²) >= 11 is 0. The minimum atomic E-state index is -0.276. The Morgan fingerprint density at radius 2 is 1.92 bits per heavy atom. The standard InChI is InChI=1S/C19H18N4O2/c1-13-3-4-16(9-14(13)2)25-18-10-15(5-6-22-18)11-23-19(24)17-12-20-7-8-21-17/h3-10,12H,11H2,1-2H3,(H,23,24). The molecule has 0 saturated carbocycles. The summed E-state index contributed by atoms with van der Waals surface area (Å²) in [5.41, 5.74) is 3.53. The summed E-state index contributed by atoms with van der Waals surface area (Å²) in [4.78, 5) is 24.1. The van der Waals surface area contributed by atoms with Gasteiger partial charge in [0, 0.05) is 31.2 Å². The smallest absolute Gasteiger partial charge is 0.271 e. The summed E-state index contributed by atoms with van der Waals surface area (Å²) in [5, 5.41) is 2.80. The molecule has 0 atom stereocenters. The first-order valence-electron chi connectivity index (χ1n) is 7.86. The van der Waals surface area contributed by atoms with E-state index in [1.165, 1.54) is 24.2 Å². The molecule has 0 spiro atoms. The Bertz CT molecular complexity index is 882. The van der Waals surface area contributed by atoms with Gasteiger partial charge in [-0.25, -0.2) is 9.97 Å². The number of hydrogen-bond acceptors (Lipinski definition) is 5. The van der Waals surface area contributed by atoms with Crippen LogP contribution in [0.4, 0.5) is 0 Å². The Morgan fingerprint density at radius 1 is 1.04 bits per heavy atom. The Hall–Kier alpha value is -3.28. The molecule has 0 radical (unpaired) electrons. The van der Waals surface area contributed by atoms with Crippen molar-refractivity contribution in [3.05, 3.63) is 77.5 Å². The van der Waals surface area contributed by atoms with E-state index in [1.54, 1.807) is 12.3 Å². The van der Waals surface area contributed by atoms with Gasteiger partial charge in [-0.05, 0) is 48.7 Å². The molecule has 0 aliphatic carbocycles. The molecule has 0 aliphatic heterocycles. The molecule has 2 heterocycles. The summed E-state index contributed by atoms with van der Waals surface area (Å²) in [7, 11) is 0. The first-order chi connectivity index (χ1) is 12.1. The molecule has 3 rings (SSSR count). The number of carbonyl (C=O) groups is 1. The van der Waals surface area contributed by atoms with Crippen molar-refractivity contribution in [3.8, 4) is 11.6 Å². The number of carbonyl (C=O) groups excluding carboxylic acids is 1. The Labute approximate surface area is 145 Å². The van der Waals surface area contributed by atoms with Crippen molar-refractivity contribution in [1.82, 2.24) is 20.3 Å². The van der Waals surface area contributed by atoms with Gasteiger partial charge in [0.2, 0.25) is 5.88 Å². The average molecular weight is 334 g/mol. The summed E-state index contributed by atoms with van der Waals surface area (Å²) < 4.78 is 5.80. The number of hydrogen-bond donors (Lipinski definition) is 1. The van der Waals surface area contributed by atoms with E-state index in [4.69, 9.17) is 4.74 Å². The Morgan fingerprint density at radius 3 is 2.68 bits per heavy atom. The normalized spacial score (nSPS) is 10.3. The summed E-state index contributed by atoms with van der Waals surface area (Å²) in [5.74, 6) is 0.937. The van der Waals surface area contributed by atoms with Gasteiger partial charge in [0.05, 0.1) is 6.20 Å². The molecule has 1 N–H and O–H groups in total. The number of nitrogens with one attached hydrogen (secondary N) is 1. The molecule has 0 aliphatic rings. The van der Waals surface area contributed by atoms with Crippen LogP contribution in [0.1, 0.15) is 27.2 Å². The van der Waals surface area contributed by atoms with Crippen LogP contribution in [0.15, 0.2) is 55.1 Å². The van der Waals surface area contributed by atoms with E-state index in [0.29, 0.717) is 12.4 Å². The lowest BCUT2D eigenvalue weighted by atomic mass is 10.1. The third-order valence-corrected chi connectivity index (χ3v) is 3.75. The molecule has 0 bridgehead atoms. The SMILES string of the molecule is Cc1ccc(Oc2cc(CNC(=O)c3cnccn3)ccn2)cc1C. The largest absolute Gasteiger partial charge is 0.439 e. The monoisotopic (exact) mass is 334 g/mol. The molecule has 6 nitrogen and oxygen atoms in total. The number of rotatable bonds is 5. The predicted molar refractivity (Wildman–Crippen MR) is 93.4 cm³/mol. The molecule has 126 valence electrons. The predicted octanol–water partition coefficient (Wildman–Crippen LogP) is 3.21. The van der Waals surface area contributed by atoms with Crippen molar-refractivity contribution in [2.45, 2.75) is 20.4 Å². The van der Waals surface area contributed by atoms with E-state index in [9.17, 15) is 4.79 Å². The topological polar surface area (TPSA) is 77.0 Å². The van der Waals surface area contributed by atoms with Crippen molar-refractivity contribution in [3.63, 3.8) is 0 Å². The van der Waals surface area contributed by atoms with Gasteiger partial charge in [-0.1, -0.05) is 6.07 Å². The van der Waals surface area contributed by atoms with Crippen molar-refractivity contribution in [2.75, 3.05) is 0 Å². The fourth-order valence-corrected chi connectivity index (χ4v) is 2.20. The number of aromatic nitrogens is 3. The van der Waals surface area contributed by atoms with E-state index in [1.807, 2.05) is 31.2 Å². The molecule has 1 aromatic carbocycles. The highest BCUT2D eigenvalue weighted by Crippen LogP contribution is 2.22. The van der Waals surface area contributed by atoms with E-state index >= 15 is 0 Å². The number of pyridine rings is 1. The second-order valence-electron chi connectivity index (χ2n) is 5.62. The lowest BCUT2D eigenvalue weighted by Crippen LogP contribution is -2.23. The quantitative estimate of drug-likeness (QED) is 0.775. The van der Waals surface area contributed by atoms with E-state index in [-0.39, 0.29) is 11.6 Å². The van der Waals surface area contributed by atoms with Crippen LogP contribution in [0.3, 0.4) is 0 Å². The fraction of sp³-hybridized carbons (Fsp3) is 0.158. The maximum Gasteiger partial charge on any atom is 0.271 e. The molecular formula is C19H18N4O2. The van der Waals surface area contributed by atoms with Crippen molar-refractivity contribution in [1.29, 1.82) is 0 Å². The third-order valence-electron chi connectivity index (χ3n) is 3.75. The van der Waals surface area contributed by atoms with Crippen LogP contribution in [-0.4, -0.2) is 20.9 Å². The first-order valence-corrected chi connectivity index (χ1v) is 7.86. The Balaban J connectivity index is 1.65. The molecule has 1 amide bonds. The van der Waals surface area contributed by atoms with Crippen LogP contribution >= 0.6 is 0 Å². The van der Waals surface area contributed by atoms with Gasteiger partial charge in [-0.15, -0.1) is 0 Å². The summed E-state index contributed by atoms with van der Waals surface area (Å²) in [6, 6.07) is 9.51. The Kier molecular flexibility index (Phi) is 4.99. The van der Waals surface area contributed by atoms with Crippen LogP contribution in [0.5, 0.6) is 11.6 Å². The van der Waals surface area contributed by atoms with Crippen LogP contribution in [0.2, 0.25) is 0 Å². The fourth-order valence-electron chi connectivity index (χ4n) is 2.20. The summed E-state index contributed by atoms with van der Waals surface area (Å²) in [6.45, 7) is 4.44. The molecule has 25 heavy (non-hydrogen) atoms. The first kappa shape index (κ1) is 16.6. The third kappa shape index (κ3) is 4.38. The molecule has 6 heteroatoms. The zero-order valence-corrected chi connectivity index (χ0v) is 14.1. The number of amides is 1. The highest BCUT2D eigenvalue weighted by Gasteiger charge is 2.07. The van der Waals surface area contributed by atoms with Gasteiger partial charge in [0.25, 0.3) is 5.91 Å². The van der Waals surface area contributed by atoms with E-state index in [2.05, 4.69) is 27.2 Å². The van der Waals surface area contributed by atoms with Gasteiger partial charge < -0.3 is 10.1 Å². The van der Waals surface area contributed by atoms with Crippen molar-refractivity contribution >= 4 is 5.91 Å². The van der Waals surface area contributed by atoms with Crippen molar-refractivity contribution in [2.24, 2.45) is 0 Å². The maximum absolute atomic E-state index is 12.0. The minimum absolute atomic E-state index is 0.276. The number of aryl methyl sites for hydroxylation is 2. The van der Waals surface area contributed by atoms with Gasteiger partial charge >= 0.3 is 0 Å². The molecular weight excluding hydrogens is 316 g/mol. The minimum Gasteiger partial charge on any atom is -0.439 e. The van der Waals surface area contributed by atoms with Gasteiger partial charge in [-0.2, -0.15) is 0 Å². The molecule has 2 aromatic heterocycles. The zero-order chi connectivity index (χ0) is 17.6. The maximum atomic E-state index is 12.0. The second kappa shape index (κ2) is 7.53. The molecule has 3 aromatic rings. The molecule has 0 unspecified atom stereocenters. The lowest BCUT2D eigenvalue weighted by molar-refractivity contribution is 0.0945. The van der Waals surface area contributed by atoms with Gasteiger partial charge in [0.1, 0.15) is 11.4 Å². The van der Waals surface area contributed by atoms with Crippen LogP contribution in [0, 0.1) is 13.8 Å². The highest BCUT2D eigenvalue weighted by atomic mass is 16.5. The van der Waals surface area contributed by atoms with Crippen LogP contribution in [-0.2, 0) is 6.54 Å². The summed E-state index contributed by atoms with van der Waals surface area (Å²) in [6.07, 6.45) is 6.09. The van der Waals surface area contributed by atoms with Crippen LogP contribution < -0.4 is 10.1 Å². The van der Waals surface area contributed by atoms with Gasteiger partial charge in [-0.3, -0.25) is 9.78 Å².